The molecule has 0 atom stereocenters. The van der Waals surface area contributed by atoms with Gasteiger partial charge in [0.05, 0.1) is 22.6 Å². The first kappa shape index (κ1) is 22.8. The summed E-state index contributed by atoms with van der Waals surface area (Å²) in [5.74, 6) is 1.30. The van der Waals surface area contributed by atoms with Gasteiger partial charge in [-0.1, -0.05) is 42.0 Å². The third-order valence-electron chi connectivity index (χ3n) is 6.25. The minimum absolute atomic E-state index is 0.0420. The number of ether oxygens (including phenoxy) is 1. The lowest BCUT2D eigenvalue weighted by Crippen LogP contribution is -2.19. The molecule has 0 aliphatic carbocycles. The molecular weight excluding hydrogens is 436 g/mol. The molecule has 0 saturated carbocycles. The van der Waals surface area contributed by atoms with Gasteiger partial charge in [-0.25, -0.2) is 0 Å². The van der Waals surface area contributed by atoms with Gasteiger partial charge in [0.15, 0.2) is 5.58 Å². The first-order valence-corrected chi connectivity index (χ1v) is 12.1. The van der Waals surface area contributed by atoms with E-state index in [1.54, 1.807) is 0 Å². The number of aromatic nitrogens is 1. The van der Waals surface area contributed by atoms with E-state index < -0.39 is 0 Å². The average molecular weight is 467 g/mol. The number of anilines is 2. The molecule has 35 heavy (non-hydrogen) atoms. The van der Waals surface area contributed by atoms with Crippen molar-refractivity contribution in [2.24, 2.45) is 0 Å². The number of aryl methyl sites for hydroxylation is 3. The Labute approximate surface area is 205 Å². The highest BCUT2D eigenvalue weighted by Gasteiger charge is 2.24. The van der Waals surface area contributed by atoms with Crippen LogP contribution in [0.25, 0.3) is 33.0 Å². The summed E-state index contributed by atoms with van der Waals surface area (Å²) in [6.07, 6.45) is 0.0420. The molecule has 0 bridgehead atoms. The fourth-order valence-electron chi connectivity index (χ4n) is 4.72. The fraction of sp³-hybridized carbons (Fsp3) is 0.233. The van der Waals surface area contributed by atoms with Crippen molar-refractivity contribution >= 4 is 33.4 Å². The molecule has 5 heteroatoms. The van der Waals surface area contributed by atoms with E-state index in [0.29, 0.717) is 23.4 Å². The normalized spacial score (nSPS) is 11.5. The molecule has 0 fully saturated rings. The number of furan rings is 1. The minimum Gasteiger partial charge on any atom is -0.491 e. The zero-order chi connectivity index (χ0) is 24.7. The van der Waals surface area contributed by atoms with E-state index in [-0.39, 0.29) is 11.7 Å². The van der Waals surface area contributed by atoms with E-state index in [1.807, 2.05) is 79.9 Å². The monoisotopic (exact) mass is 466 g/mol. The maximum absolute atomic E-state index is 13.9. The Hall–Kier alpha value is -3.99. The first-order valence-electron chi connectivity index (χ1n) is 12.1. The van der Waals surface area contributed by atoms with Crippen molar-refractivity contribution in [1.29, 1.82) is 0 Å². The Morgan fingerprint density at radius 2 is 1.80 bits per heavy atom. The van der Waals surface area contributed by atoms with Crippen molar-refractivity contribution in [1.82, 2.24) is 4.57 Å². The Kier molecular flexibility index (Phi) is 5.85. The molecule has 178 valence electrons. The van der Waals surface area contributed by atoms with Gasteiger partial charge in [-0.3, -0.25) is 4.79 Å². The predicted molar refractivity (Wildman–Crippen MR) is 144 cm³/mol. The number of nitrogens with one attached hydrogen (secondary N) is 1. The molecule has 1 N–H and O–H groups in total. The molecule has 5 rings (SSSR count). The Morgan fingerprint density at radius 1 is 1.00 bits per heavy atom. The van der Waals surface area contributed by atoms with Crippen LogP contribution >= 0.6 is 0 Å². The SMILES string of the molecule is CCn1c(=O)c2c(-c3cccc(OC(C)C)c3)c(Nc3ccc(C)cc3C)oc2c2ccccc21. The molecule has 3 aromatic carbocycles. The number of benzene rings is 3. The van der Waals surface area contributed by atoms with Crippen molar-refractivity contribution in [2.45, 2.75) is 47.3 Å². The molecular formula is C30H30N2O3. The van der Waals surface area contributed by atoms with Gasteiger partial charge in [-0.2, -0.15) is 0 Å². The number of hydrogen-bond donors (Lipinski definition) is 1. The van der Waals surface area contributed by atoms with Crippen LogP contribution in [-0.4, -0.2) is 10.7 Å². The molecule has 0 amide bonds. The van der Waals surface area contributed by atoms with Crippen LogP contribution in [0.1, 0.15) is 31.9 Å². The van der Waals surface area contributed by atoms with Crippen molar-refractivity contribution < 1.29 is 9.15 Å². The molecule has 0 aliphatic heterocycles. The number of hydrogen-bond acceptors (Lipinski definition) is 4. The summed E-state index contributed by atoms with van der Waals surface area (Å²) in [6.45, 7) is 10.7. The standard InChI is InChI=1S/C30H30N2O3/c1-6-32-25-13-8-7-12-23(25)28-27(30(32)33)26(21-10-9-11-22(17-21)34-18(2)3)29(35-28)31-24-15-14-19(4)16-20(24)5/h7-18,31H,6H2,1-5H3. The molecule has 0 radical (unpaired) electrons. The quantitative estimate of drug-likeness (QED) is 0.280. The van der Waals surface area contributed by atoms with Crippen LogP contribution in [0.2, 0.25) is 0 Å². The van der Waals surface area contributed by atoms with Gasteiger partial charge >= 0.3 is 0 Å². The Balaban J connectivity index is 1.84. The van der Waals surface area contributed by atoms with Crippen molar-refractivity contribution in [3.05, 3.63) is 88.2 Å². The van der Waals surface area contributed by atoms with Crippen LogP contribution in [0, 0.1) is 13.8 Å². The van der Waals surface area contributed by atoms with Crippen LogP contribution in [0.4, 0.5) is 11.6 Å². The zero-order valence-corrected chi connectivity index (χ0v) is 20.8. The van der Waals surface area contributed by atoms with Crippen LogP contribution in [0.5, 0.6) is 5.75 Å². The summed E-state index contributed by atoms with van der Waals surface area (Å²) < 4.78 is 14.3. The maximum atomic E-state index is 13.9. The first-order chi connectivity index (χ1) is 16.9. The highest BCUT2D eigenvalue weighted by molar-refractivity contribution is 6.11. The number of para-hydroxylation sites is 1. The lowest BCUT2D eigenvalue weighted by Gasteiger charge is -2.13. The molecule has 0 aliphatic rings. The molecule has 2 heterocycles. The Morgan fingerprint density at radius 3 is 2.54 bits per heavy atom. The largest absolute Gasteiger partial charge is 0.491 e. The summed E-state index contributed by atoms with van der Waals surface area (Å²) in [4.78, 5) is 13.9. The van der Waals surface area contributed by atoms with E-state index in [4.69, 9.17) is 9.15 Å². The fourth-order valence-corrected chi connectivity index (χ4v) is 4.72. The van der Waals surface area contributed by atoms with E-state index in [9.17, 15) is 4.79 Å². The van der Waals surface area contributed by atoms with E-state index >= 15 is 0 Å². The molecule has 2 aromatic heterocycles. The Bertz CT molecular complexity index is 1610. The number of fused-ring (bicyclic) bond motifs is 3. The zero-order valence-electron chi connectivity index (χ0n) is 20.8. The van der Waals surface area contributed by atoms with Crippen LogP contribution < -0.4 is 15.6 Å². The van der Waals surface area contributed by atoms with Crippen LogP contribution in [0.3, 0.4) is 0 Å². The summed E-state index contributed by atoms with van der Waals surface area (Å²) in [5.41, 5.74) is 6.22. The van der Waals surface area contributed by atoms with Gasteiger partial charge in [-0.05, 0) is 76.1 Å². The lowest BCUT2D eigenvalue weighted by molar-refractivity contribution is 0.242. The summed E-state index contributed by atoms with van der Waals surface area (Å²) in [5, 5.41) is 4.97. The second kappa shape index (κ2) is 8.99. The summed E-state index contributed by atoms with van der Waals surface area (Å²) in [6, 6.07) is 22.0. The predicted octanol–water partition coefficient (Wildman–Crippen LogP) is 7.58. The van der Waals surface area contributed by atoms with E-state index in [2.05, 4.69) is 31.3 Å². The van der Waals surface area contributed by atoms with Gasteiger partial charge < -0.3 is 19.0 Å². The van der Waals surface area contributed by atoms with Crippen molar-refractivity contribution in [3.8, 4) is 16.9 Å². The average Bonchev–Trinajstić information content (AvgIpc) is 3.21. The van der Waals surface area contributed by atoms with E-state index in [0.717, 1.165) is 39.0 Å². The highest BCUT2D eigenvalue weighted by Crippen LogP contribution is 2.42. The third kappa shape index (κ3) is 4.08. The summed E-state index contributed by atoms with van der Waals surface area (Å²) in [7, 11) is 0. The highest BCUT2D eigenvalue weighted by atomic mass is 16.5. The van der Waals surface area contributed by atoms with Crippen molar-refractivity contribution in [3.63, 3.8) is 0 Å². The minimum atomic E-state index is -0.0659. The van der Waals surface area contributed by atoms with Gasteiger partial charge in [0.25, 0.3) is 5.56 Å². The van der Waals surface area contributed by atoms with Crippen LogP contribution in [-0.2, 0) is 6.54 Å². The second-order valence-corrected chi connectivity index (χ2v) is 9.21. The van der Waals surface area contributed by atoms with Gasteiger partial charge in [0.2, 0.25) is 5.88 Å². The van der Waals surface area contributed by atoms with Gasteiger partial charge in [-0.15, -0.1) is 0 Å². The smallest absolute Gasteiger partial charge is 0.262 e. The molecule has 0 unspecified atom stereocenters. The van der Waals surface area contributed by atoms with Crippen LogP contribution in [0.15, 0.2) is 75.9 Å². The summed E-state index contributed by atoms with van der Waals surface area (Å²) >= 11 is 0. The molecule has 0 spiro atoms. The second-order valence-electron chi connectivity index (χ2n) is 9.21. The maximum Gasteiger partial charge on any atom is 0.262 e. The third-order valence-corrected chi connectivity index (χ3v) is 6.25. The van der Waals surface area contributed by atoms with Gasteiger partial charge in [0, 0.05) is 17.6 Å². The number of rotatable bonds is 6. The molecule has 5 nitrogen and oxygen atoms in total. The van der Waals surface area contributed by atoms with Gasteiger partial charge in [0.1, 0.15) is 5.75 Å². The van der Waals surface area contributed by atoms with Crippen molar-refractivity contribution in [2.75, 3.05) is 5.32 Å². The molecule has 5 aromatic rings. The number of nitrogens with zero attached hydrogens (tertiary/aromatic N) is 1. The van der Waals surface area contributed by atoms with E-state index in [1.165, 1.54) is 5.56 Å². The number of pyridine rings is 1. The molecule has 0 saturated heterocycles. The topological polar surface area (TPSA) is 56.4 Å². The lowest BCUT2D eigenvalue weighted by atomic mass is 10.0.